The molecule has 4 nitrogen and oxygen atoms in total. The van der Waals surface area contributed by atoms with Crippen LogP contribution in [0.1, 0.15) is 31.2 Å². The van der Waals surface area contributed by atoms with Crippen LogP contribution in [-0.2, 0) is 0 Å². The lowest BCUT2D eigenvalue weighted by molar-refractivity contribution is 0.0614. The van der Waals surface area contributed by atoms with Crippen molar-refractivity contribution in [1.82, 2.24) is 4.98 Å². The Hall–Kier alpha value is -1.60. The fraction of sp³-hybridized carbons (Fsp3) is 0.500. The van der Waals surface area contributed by atoms with Crippen LogP contribution in [0.25, 0.3) is 0 Å². The van der Waals surface area contributed by atoms with Gasteiger partial charge in [0.1, 0.15) is 6.07 Å². The molecule has 1 heterocycles. The number of anilines is 1. The van der Waals surface area contributed by atoms with Crippen molar-refractivity contribution in [1.29, 1.82) is 5.26 Å². The molecule has 0 saturated heterocycles. The predicted octanol–water partition coefficient (Wildman–Crippen LogP) is 1.67. The molecule has 0 radical (unpaired) electrons. The summed E-state index contributed by atoms with van der Waals surface area (Å²) in [6.45, 7) is 0.493. The highest BCUT2D eigenvalue weighted by molar-refractivity contribution is 5.55. The van der Waals surface area contributed by atoms with Gasteiger partial charge in [-0.15, -0.1) is 0 Å². The van der Waals surface area contributed by atoms with E-state index in [9.17, 15) is 5.11 Å². The monoisotopic (exact) mass is 217 g/mol. The van der Waals surface area contributed by atoms with E-state index in [-0.39, 0.29) is 0 Å². The first-order chi connectivity index (χ1) is 7.73. The SMILES string of the molecule is N#Cc1ccncc1NCC1(O)CCCC1. The lowest BCUT2D eigenvalue weighted by Crippen LogP contribution is -2.33. The quantitative estimate of drug-likeness (QED) is 0.808. The number of aromatic nitrogens is 1. The van der Waals surface area contributed by atoms with Crippen LogP contribution in [0.3, 0.4) is 0 Å². The smallest absolute Gasteiger partial charge is 0.101 e. The molecule has 0 amide bonds. The van der Waals surface area contributed by atoms with E-state index in [1.54, 1.807) is 18.5 Å². The van der Waals surface area contributed by atoms with Crippen LogP contribution in [0.15, 0.2) is 18.5 Å². The summed E-state index contributed by atoms with van der Waals surface area (Å²) in [5.41, 5.74) is 0.657. The van der Waals surface area contributed by atoms with E-state index in [1.165, 1.54) is 0 Å². The molecular weight excluding hydrogens is 202 g/mol. The van der Waals surface area contributed by atoms with Crippen molar-refractivity contribution in [2.24, 2.45) is 0 Å². The third kappa shape index (κ3) is 2.31. The molecule has 0 aliphatic heterocycles. The van der Waals surface area contributed by atoms with Crippen molar-refractivity contribution >= 4 is 5.69 Å². The van der Waals surface area contributed by atoms with Crippen LogP contribution in [0.4, 0.5) is 5.69 Å². The average Bonchev–Trinajstić information content (AvgIpc) is 2.74. The molecule has 1 fully saturated rings. The summed E-state index contributed by atoms with van der Waals surface area (Å²) in [5.74, 6) is 0. The Labute approximate surface area is 94.9 Å². The summed E-state index contributed by atoms with van der Waals surface area (Å²) in [4.78, 5) is 3.97. The van der Waals surface area contributed by atoms with E-state index in [4.69, 9.17) is 5.26 Å². The molecule has 2 rings (SSSR count). The molecule has 2 N–H and O–H groups in total. The van der Waals surface area contributed by atoms with Gasteiger partial charge in [0.2, 0.25) is 0 Å². The predicted molar refractivity (Wildman–Crippen MR) is 60.9 cm³/mol. The molecule has 0 bridgehead atoms. The number of pyridine rings is 1. The van der Waals surface area contributed by atoms with Crippen LogP contribution in [0.5, 0.6) is 0 Å². The van der Waals surface area contributed by atoms with Gasteiger partial charge in [-0.3, -0.25) is 4.98 Å². The topological polar surface area (TPSA) is 68.9 Å². The van der Waals surface area contributed by atoms with Crippen molar-refractivity contribution in [3.63, 3.8) is 0 Å². The van der Waals surface area contributed by atoms with Gasteiger partial charge in [-0.25, -0.2) is 0 Å². The van der Waals surface area contributed by atoms with Crippen molar-refractivity contribution in [3.8, 4) is 6.07 Å². The molecule has 16 heavy (non-hydrogen) atoms. The zero-order chi connectivity index (χ0) is 11.4. The average molecular weight is 217 g/mol. The van der Waals surface area contributed by atoms with Gasteiger partial charge in [0.15, 0.2) is 0 Å². The van der Waals surface area contributed by atoms with Gasteiger partial charge in [-0.2, -0.15) is 5.26 Å². The minimum atomic E-state index is -0.609. The number of hydrogen-bond donors (Lipinski definition) is 2. The van der Waals surface area contributed by atoms with Crippen LogP contribution in [-0.4, -0.2) is 22.2 Å². The molecule has 0 unspecified atom stereocenters. The maximum absolute atomic E-state index is 10.2. The first-order valence-electron chi connectivity index (χ1n) is 5.54. The van der Waals surface area contributed by atoms with Crippen molar-refractivity contribution in [2.45, 2.75) is 31.3 Å². The number of nitrogens with zero attached hydrogens (tertiary/aromatic N) is 2. The second-order valence-electron chi connectivity index (χ2n) is 4.32. The van der Waals surface area contributed by atoms with Gasteiger partial charge >= 0.3 is 0 Å². The van der Waals surface area contributed by atoms with E-state index < -0.39 is 5.60 Å². The molecule has 0 spiro atoms. The van der Waals surface area contributed by atoms with E-state index in [1.807, 2.05) is 0 Å². The Morgan fingerprint density at radius 1 is 1.50 bits per heavy atom. The summed E-state index contributed by atoms with van der Waals surface area (Å²) in [6.07, 6.45) is 7.04. The Bertz CT molecular complexity index is 405. The largest absolute Gasteiger partial charge is 0.388 e. The number of aliphatic hydroxyl groups is 1. The first-order valence-corrected chi connectivity index (χ1v) is 5.54. The van der Waals surface area contributed by atoms with Gasteiger partial charge in [0.05, 0.1) is 23.0 Å². The van der Waals surface area contributed by atoms with Crippen LogP contribution >= 0.6 is 0 Å². The molecule has 0 aromatic carbocycles. The summed E-state index contributed by atoms with van der Waals surface area (Å²) >= 11 is 0. The molecule has 1 aromatic rings. The summed E-state index contributed by atoms with van der Waals surface area (Å²) in [6, 6.07) is 3.77. The highest BCUT2D eigenvalue weighted by Gasteiger charge is 2.30. The number of nitriles is 1. The van der Waals surface area contributed by atoms with Crippen molar-refractivity contribution in [3.05, 3.63) is 24.0 Å². The molecular formula is C12H15N3O. The van der Waals surface area contributed by atoms with Crippen LogP contribution < -0.4 is 5.32 Å². The molecule has 1 saturated carbocycles. The summed E-state index contributed by atoms with van der Waals surface area (Å²) in [5, 5.41) is 22.2. The Kier molecular flexibility index (Phi) is 3.07. The fourth-order valence-corrected chi connectivity index (χ4v) is 2.10. The Balaban J connectivity index is 2.02. The molecule has 1 aromatic heterocycles. The maximum atomic E-state index is 10.2. The second-order valence-corrected chi connectivity index (χ2v) is 4.32. The number of rotatable bonds is 3. The summed E-state index contributed by atoms with van der Waals surface area (Å²) in [7, 11) is 0. The van der Waals surface area contributed by atoms with E-state index >= 15 is 0 Å². The van der Waals surface area contributed by atoms with Crippen molar-refractivity contribution < 1.29 is 5.11 Å². The normalized spacial score (nSPS) is 18.0. The lowest BCUT2D eigenvalue weighted by Gasteiger charge is -2.23. The third-order valence-electron chi connectivity index (χ3n) is 3.08. The highest BCUT2D eigenvalue weighted by Crippen LogP contribution is 2.29. The standard InChI is InChI=1S/C12H15N3O/c13-7-10-3-6-14-8-11(10)15-9-12(16)4-1-2-5-12/h3,6,8,15-16H,1-2,4-5,9H2. The molecule has 1 aliphatic rings. The molecule has 0 atom stereocenters. The first kappa shape index (κ1) is 10.9. The van der Waals surface area contributed by atoms with Gasteiger partial charge in [0, 0.05) is 12.7 Å². The second kappa shape index (κ2) is 4.50. The van der Waals surface area contributed by atoms with Crippen molar-refractivity contribution in [2.75, 3.05) is 11.9 Å². The minimum absolute atomic E-state index is 0.493. The van der Waals surface area contributed by atoms with Crippen LogP contribution in [0, 0.1) is 11.3 Å². The van der Waals surface area contributed by atoms with Gasteiger partial charge in [0.25, 0.3) is 0 Å². The number of hydrogen-bond acceptors (Lipinski definition) is 4. The Morgan fingerprint density at radius 3 is 2.94 bits per heavy atom. The van der Waals surface area contributed by atoms with E-state index in [0.29, 0.717) is 17.8 Å². The minimum Gasteiger partial charge on any atom is -0.388 e. The third-order valence-corrected chi connectivity index (χ3v) is 3.08. The maximum Gasteiger partial charge on any atom is 0.101 e. The van der Waals surface area contributed by atoms with Crippen LogP contribution in [0.2, 0.25) is 0 Å². The lowest BCUT2D eigenvalue weighted by atomic mass is 10.0. The summed E-state index contributed by atoms with van der Waals surface area (Å²) < 4.78 is 0. The molecule has 1 aliphatic carbocycles. The van der Waals surface area contributed by atoms with Gasteiger partial charge in [-0.1, -0.05) is 12.8 Å². The van der Waals surface area contributed by atoms with E-state index in [0.717, 1.165) is 25.7 Å². The highest BCUT2D eigenvalue weighted by atomic mass is 16.3. The Morgan fingerprint density at radius 2 is 2.25 bits per heavy atom. The zero-order valence-electron chi connectivity index (χ0n) is 9.11. The number of nitrogens with one attached hydrogen (secondary N) is 1. The van der Waals surface area contributed by atoms with E-state index in [2.05, 4.69) is 16.4 Å². The van der Waals surface area contributed by atoms with Gasteiger partial charge in [-0.05, 0) is 18.9 Å². The molecule has 84 valence electrons. The zero-order valence-corrected chi connectivity index (χ0v) is 9.11. The molecule has 4 heteroatoms. The van der Waals surface area contributed by atoms with Gasteiger partial charge < -0.3 is 10.4 Å². The fourth-order valence-electron chi connectivity index (χ4n) is 2.10.